The lowest BCUT2D eigenvalue weighted by Crippen LogP contribution is -2.43. The maximum absolute atomic E-state index is 11.8. The first-order valence-electron chi connectivity index (χ1n) is 5.49. The Morgan fingerprint density at radius 3 is 2.73 bits per heavy atom. The van der Waals surface area contributed by atoms with E-state index in [1.165, 1.54) is 0 Å². The van der Waals surface area contributed by atoms with Gasteiger partial charge in [0.1, 0.15) is 0 Å². The van der Waals surface area contributed by atoms with Gasteiger partial charge >= 0.3 is 0 Å². The highest BCUT2D eigenvalue weighted by molar-refractivity contribution is 6.18. The molecule has 0 aliphatic carbocycles. The molecule has 0 radical (unpaired) electrons. The first-order chi connectivity index (χ1) is 7.25. The number of amides is 1. The summed E-state index contributed by atoms with van der Waals surface area (Å²) >= 11 is 5.49. The van der Waals surface area contributed by atoms with Gasteiger partial charge in [0.2, 0.25) is 5.91 Å². The number of likely N-dealkylation sites (tertiary alicyclic amines) is 1. The van der Waals surface area contributed by atoms with E-state index in [1.807, 2.05) is 24.0 Å². The van der Waals surface area contributed by atoms with Crippen LogP contribution in [0.1, 0.15) is 19.8 Å². The summed E-state index contributed by atoms with van der Waals surface area (Å²) in [7, 11) is 0. The molecule has 1 aliphatic rings. The van der Waals surface area contributed by atoms with E-state index in [-0.39, 0.29) is 11.9 Å². The van der Waals surface area contributed by atoms with E-state index in [1.54, 1.807) is 0 Å². The van der Waals surface area contributed by atoms with Crippen molar-refractivity contribution >= 4 is 17.5 Å². The van der Waals surface area contributed by atoms with Crippen molar-refractivity contribution in [1.29, 1.82) is 0 Å². The van der Waals surface area contributed by atoms with Gasteiger partial charge in [-0.25, -0.2) is 0 Å². The highest BCUT2D eigenvalue weighted by Crippen LogP contribution is 2.08. The second-order valence-electron chi connectivity index (χ2n) is 3.79. The highest BCUT2D eigenvalue weighted by atomic mass is 35.5. The Bertz CT molecular complexity index is 225. The number of halogens is 1. The van der Waals surface area contributed by atoms with Crippen LogP contribution in [0.2, 0.25) is 0 Å². The predicted octanol–water partition coefficient (Wildman–Crippen LogP) is 1.38. The molecule has 1 saturated heterocycles. The van der Waals surface area contributed by atoms with Crippen molar-refractivity contribution in [2.45, 2.75) is 25.8 Å². The Kier molecular flexibility index (Phi) is 5.73. The van der Waals surface area contributed by atoms with Crippen LogP contribution in [0.4, 0.5) is 0 Å². The second kappa shape index (κ2) is 6.85. The maximum atomic E-state index is 11.8. The molecule has 0 saturated carbocycles. The van der Waals surface area contributed by atoms with Crippen LogP contribution in [-0.2, 0) is 4.79 Å². The summed E-state index contributed by atoms with van der Waals surface area (Å²) in [6.07, 6.45) is 6.11. The molecule has 0 aromatic heterocycles. The summed E-state index contributed by atoms with van der Waals surface area (Å²) in [6, 6.07) is -0.0944. The largest absolute Gasteiger partial charge is 0.341 e. The minimum Gasteiger partial charge on any atom is -0.341 e. The topological polar surface area (TPSA) is 32.3 Å². The quantitative estimate of drug-likeness (QED) is 0.572. The molecule has 86 valence electrons. The van der Waals surface area contributed by atoms with Gasteiger partial charge in [-0.3, -0.25) is 4.79 Å². The third-order valence-corrected chi connectivity index (χ3v) is 2.76. The van der Waals surface area contributed by atoms with E-state index in [2.05, 4.69) is 5.32 Å². The molecule has 1 amide bonds. The van der Waals surface area contributed by atoms with Crippen LogP contribution in [-0.4, -0.2) is 42.4 Å². The van der Waals surface area contributed by atoms with Gasteiger partial charge in [0.05, 0.1) is 6.04 Å². The Balaban J connectivity index is 2.23. The Morgan fingerprint density at radius 2 is 2.13 bits per heavy atom. The fourth-order valence-electron chi connectivity index (χ4n) is 1.69. The van der Waals surface area contributed by atoms with E-state index < -0.39 is 0 Å². The van der Waals surface area contributed by atoms with Gasteiger partial charge in [-0.05, 0) is 19.8 Å². The number of hydrogen-bond acceptors (Lipinski definition) is 2. The normalized spacial score (nSPS) is 18.7. The van der Waals surface area contributed by atoms with Crippen molar-refractivity contribution in [2.75, 3.05) is 25.5 Å². The third kappa shape index (κ3) is 4.22. The van der Waals surface area contributed by atoms with Gasteiger partial charge in [-0.1, -0.05) is 12.2 Å². The zero-order valence-corrected chi connectivity index (χ0v) is 9.96. The van der Waals surface area contributed by atoms with Crippen molar-refractivity contribution < 1.29 is 4.79 Å². The molecule has 3 nitrogen and oxygen atoms in total. The maximum Gasteiger partial charge on any atom is 0.239 e. The lowest BCUT2D eigenvalue weighted by molar-refractivity contribution is -0.131. The summed E-state index contributed by atoms with van der Waals surface area (Å²) in [6.45, 7) is 4.45. The molecule has 0 bridgehead atoms. The number of nitrogens with one attached hydrogen (secondary N) is 1. The zero-order chi connectivity index (χ0) is 11.1. The fourth-order valence-corrected chi connectivity index (χ4v) is 1.82. The molecule has 1 rings (SSSR count). The van der Waals surface area contributed by atoms with Crippen molar-refractivity contribution in [3.8, 4) is 0 Å². The highest BCUT2D eigenvalue weighted by Gasteiger charge is 2.22. The van der Waals surface area contributed by atoms with Crippen molar-refractivity contribution in [1.82, 2.24) is 10.2 Å². The number of carbonyl (C=O) groups excluding carboxylic acids is 1. The SMILES string of the molecule is CC(NC/C=C/CCl)C(=O)N1CCCC1. The first-order valence-corrected chi connectivity index (χ1v) is 6.02. The number of nitrogens with zero attached hydrogens (tertiary/aromatic N) is 1. The summed E-state index contributed by atoms with van der Waals surface area (Å²) in [5, 5.41) is 3.16. The van der Waals surface area contributed by atoms with E-state index in [4.69, 9.17) is 11.6 Å². The first kappa shape index (κ1) is 12.5. The minimum atomic E-state index is -0.0944. The molecule has 1 N–H and O–H groups in total. The van der Waals surface area contributed by atoms with E-state index in [0.29, 0.717) is 12.4 Å². The van der Waals surface area contributed by atoms with Crippen molar-refractivity contribution in [3.63, 3.8) is 0 Å². The van der Waals surface area contributed by atoms with Gasteiger partial charge in [0.15, 0.2) is 0 Å². The van der Waals surface area contributed by atoms with Gasteiger partial charge in [0.25, 0.3) is 0 Å². The van der Waals surface area contributed by atoms with Gasteiger partial charge in [0, 0.05) is 25.5 Å². The Morgan fingerprint density at radius 1 is 1.47 bits per heavy atom. The standard InChI is InChI=1S/C11H19ClN2O/c1-10(13-7-3-2-6-12)11(15)14-8-4-5-9-14/h2-3,10,13H,4-9H2,1H3/b3-2+. The van der Waals surface area contributed by atoms with Crippen LogP contribution in [0.5, 0.6) is 0 Å². The molecule has 4 heteroatoms. The van der Waals surface area contributed by atoms with Gasteiger partial charge in [-0.15, -0.1) is 11.6 Å². The Labute approximate surface area is 96.5 Å². The average molecular weight is 231 g/mol. The molecule has 0 aromatic rings. The lowest BCUT2D eigenvalue weighted by atomic mass is 10.3. The zero-order valence-electron chi connectivity index (χ0n) is 9.21. The van der Waals surface area contributed by atoms with Crippen LogP contribution < -0.4 is 5.32 Å². The molecule has 15 heavy (non-hydrogen) atoms. The molecule has 1 fully saturated rings. The van der Waals surface area contributed by atoms with Crippen LogP contribution in [0.25, 0.3) is 0 Å². The van der Waals surface area contributed by atoms with E-state index >= 15 is 0 Å². The molecule has 1 heterocycles. The minimum absolute atomic E-state index is 0.0944. The molecule has 1 aliphatic heterocycles. The third-order valence-electron chi connectivity index (χ3n) is 2.59. The molecule has 0 aromatic carbocycles. The van der Waals surface area contributed by atoms with Crippen LogP contribution in [0.15, 0.2) is 12.2 Å². The van der Waals surface area contributed by atoms with E-state index in [0.717, 1.165) is 25.9 Å². The molecular weight excluding hydrogens is 212 g/mol. The van der Waals surface area contributed by atoms with Crippen LogP contribution in [0.3, 0.4) is 0 Å². The number of alkyl halides is 1. The number of rotatable bonds is 5. The lowest BCUT2D eigenvalue weighted by Gasteiger charge is -2.20. The summed E-state index contributed by atoms with van der Waals surface area (Å²) in [5.41, 5.74) is 0. The number of carbonyl (C=O) groups is 1. The van der Waals surface area contributed by atoms with Crippen LogP contribution in [0, 0.1) is 0 Å². The molecule has 1 atom stereocenters. The second-order valence-corrected chi connectivity index (χ2v) is 4.10. The molecular formula is C11H19ClN2O. The average Bonchev–Trinajstić information content (AvgIpc) is 2.76. The van der Waals surface area contributed by atoms with Crippen LogP contribution >= 0.6 is 11.6 Å². The summed E-state index contributed by atoms with van der Waals surface area (Å²) in [5.74, 6) is 0.739. The monoisotopic (exact) mass is 230 g/mol. The van der Waals surface area contributed by atoms with Gasteiger partial charge < -0.3 is 10.2 Å². The fraction of sp³-hybridized carbons (Fsp3) is 0.727. The predicted molar refractivity (Wildman–Crippen MR) is 63.1 cm³/mol. The summed E-state index contributed by atoms with van der Waals surface area (Å²) < 4.78 is 0. The molecule has 1 unspecified atom stereocenters. The summed E-state index contributed by atoms with van der Waals surface area (Å²) in [4.78, 5) is 13.8. The number of allylic oxidation sites excluding steroid dienone is 1. The smallest absolute Gasteiger partial charge is 0.239 e. The Hall–Kier alpha value is -0.540. The van der Waals surface area contributed by atoms with E-state index in [9.17, 15) is 4.79 Å². The van der Waals surface area contributed by atoms with Crippen molar-refractivity contribution in [2.24, 2.45) is 0 Å². The number of hydrogen-bond donors (Lipinski definition) is 1. The van der Waals surface area contributed by atoms with Crippen molar-refractivity contribution in [3.05, 3.63) is 12.2 Å². The van der Waals surface area contributed by atoms with Gasteiger partial charge in [-0.2, -0.15) is 0 Å². The molecule has 0 spiro atoms.